The minimum Gasteiger partial charge on any atom is -0.478 e. The molecule has 0 saturated carbocycles. The molecule has 5 nitrogen and oxygen atoms in total. The number of rotatable bonds is 5. The molecule has 0 aliphatic heterocycles. The van der Waals surface area contributed by atoms with Crippen LogP contribution in [0.4, 0.5) is 5.69 Å². The van der Waals surface area contributed by atoms with Gasteiger partial charge < -0.3 is 5.11 Å². The minimum absolute atomic E-state index is 0.102. The van der Waals surface area contributed by atoms with Crippen molar-refractivity contribution in [1.29, 1.82) is 0 Å². The maximum atomic E-state index is 12.3. The molecule has 23 heavy (non-hydrogen) atoms. The number of halogens is 1. The van der Waals surface area contributed by atoms with Gasteiger partial charge in [0.25, 0.3) is 10.0 Å². The maximum Gasteiger partial charge on any atom is 0.328 e. The molecule has 0 aliphatic rings. The van der Waals surface area contributed by atoms with E-state index in [0.717, 1.165) is 16.1 Å². The van der Waals surface area contributed by atoms with Crippen molar-refractivity contribution in [3.8, 4) is 0 Å². The topological polar surface area (TPSA) is 83.5 Å². The Labute approximate surface area is 142 Å². The van der Waals surface area contributed by atoms with E-state index in [4.69, 9.17) is 5.11 Å². The molecule has 120 valence electrons. The Kier molecular flexibility index (Phi) is 5.23. The number of hydrogen-bond acceptors (Lipinski definition) is 3. The molecular weight excluding hydrogens is 382 g/mol. The predicted octanol–water partition coefficient (Wildman–Crippen LogP) is 3.66. The lowest BCUT2D eigenvalue weighted by atomic mass is 10.2. The van der Waals surface area contributed by atoms with E-state index in [0.29, 0.717) is 11.3 Å². The fourth-order valence-electron chi connectivity index (χ4n) is 1.85. The number of aliphatic carboxylic acids is 1. The first-order valence-corrected chi connectivity index (χ1v) is 8.85. The number of hydrogen-bond donors (Lipinski definition) is 2. The average Bonchev–Trinajstić information content (AvgIpc) is 2.49. The first-order chi connectivity index (χ1) is 10.8. The van der Waals surface area contributed by atoms with Gasteiger partial charge in [0.2, 0.25) is 0 Å². The van der Waals surface area contributed by atoms with Crippen LogP contribution in [0.15, 0.2) is 57.9 Å². The summed E-state index contributed by atoms with van der Waals surface area (Å²) in [6, 6.07) is 11.1. The first kappa shape index (κ1) is 17.2. The van der Waals surface area contributed by atoms with Crippen molar-refractivity contribution in [2.75, 3.05) is 4.72 Å². The molecular formula is C16H14BrNO4S. The molecule has 0 amide bonds. The number of anilines is 1. The molecule has 0 atom stereocenters. The number of benzene rings is 2. The van der Waals surface area contributed by atoms with E-state index in [2.05, 4.69) is 20.7 Å². The Balaban J connectivity index is 2.22. The quantitative estimate of drug-likeness (QED) is 0.756. The summed E-state index contributed by atoms with van der Waals surface area (Å²) < 4.78 is 28.1. The van der Waals surface area contributed by atoms with Gasteiger partial charge in [-0.3, -0.25) is 4.72 Å². The lowest BCUT2D eigenvalue weighted by molar-refractivity contribution is -0.131. The fourth-order valence-corrected chi connectivity index (χ4v) is 3.14. The van der Waals surface area contributed by atoms with Gasteiger partial charge in [0, 0.05) is 16.2 Å². The summed E-state index contributed by atoms with van der Waals surface area (Å²) in [7, 11) is -3.70. The largest absolute Gasteiger partial charge is 0.478 e. The first-order valence-electron chi connectivity index (χ1n) is 6.58. The molecule has 0 fully saturated rings. The summed E-state index contributed by atoms with van der Waals surface area (Å²) in [5, 5.41) is 8.57. The molecule has 0 spiro atoms. The van der Waals surface area contributed by atoms with Gasteiger partial charge >= 0.3 is 5.97 Å². The van der Waals surface area contributed by atoms with Crippen LogP contribution in [-0.4, -0.2) is 19.5 Å². The molecule has 2 aromatic carbocycles. The summed E-state index contributed by atoms with van der Waals surface area (Å²) in [6.45, 7) is 1.87. The second-order valence-electron chi connectivity index (χ2n) is 4.81. The molecule has 0 saturated heterocycles. The third-order valence-electron chi connectivity index (χ3n) is 3.02. The Hall–Kier alpha value is -2.12. The van der Waals surface area contributed by atoms with Crippen molar-refractivity contribution in [3.05, 3.63) is 64.1 Å². The van der Waals surface area contributed by atoms with E-state index < -0.39 is 16.0 Å². The third kappa shape index (κ3) is 4.67. The van der Waals surface area contributed by atoms with Crippen molar-refractivity contribution in [1.82, 2.24) is 0 Å². The van der Waals surface area contributed by atoms with Crippen molar-refractivity contribution in [2.24, 2.45) is 0 Å². The van der Waals surface area contributed by atoms with E-state index >= 15 is 0 Å². The summed E-state index contributed by atoms with van der Waals surface area (Å²) >= 11 is 3.36. The Morgan fingerprint density at radius 3 is 2.39 bits per heavy atom. The lowest BCUT2D eigenvalue weighted by Gasteiger charge is -2.09. The van der Waals surface area contributed by atoms with Gasteiger partial charge in [0.1, 0.15) is 0 Å². The van der Waals surface area contributed by atoms with Gasteiger partial charge in [-0.2, -0.15) is 0 Å². The normalized spacial score (nSPS) is 11.6. The summed E-state index contributed by atoms with van der Waals surface area (Å²) in [5.74, 6) is -1.06. The molecule has 2 N–H and O–H groups in total. The molecule has 7 heteroatoms. The lowest BCUT2D eigenvalue weighted by Crippen LogP contribution is -2.12. The van der Waals surface area contributed by atoms with E-state index in [1.54, 1.807) is 30.3 Å². The number of sulfonamides is 1. The molecule has 0 unspecified atom stereocenters. The fraction of sp³-hybridized carbons (Fsp3) is 0.0625. The van der Waals surface area contributed by atoms with Crippen LogP contribution >= 0.6 is 15.9 Å². The highest BCUT2D eigenvalue weighted by atomic mass is 79.9. The van der Waals surface area contributed by atoms with E-state index in [-0.39, 0.29) is 4.90 Å². The van der Waals surface area contributed by atoms with Crippen LogP contribution < -0.4 is 4.72 Å². The molecule has 0 heterocycles. The monoisotopic (exact) mass is 395 g/mol. The Morgan fingerprint density at radius 1 is 1.17 bits per heavy atom. The zero-order valence-electron chi connectivity index (χ0n) is 12.2. The molecule has 2 aromatic rings. The number of aryl methyl sites for hydroxylation is 1. The summed E-state index contributed by atoms with van der Waals surface area (Å²) in [5.41, 5.74) is 1.99. The van der Waals surface area contributed by atoms with Crippen molar-refractivity contribution in [2.45, 2.75) is 11.8 Å². The molecule has 0 bridgehead atoms. The second kappa shape index (κ2) is 6.97. The second-order valence-corrected chi connectivity index (χ2v) is 7.35. The van der Waals surface area contributed by atoms with Crippen LogP contribution in [0.3, 0.4) is 0 Å². The van der Waals surface area contributed by atoms with Crippen LogP contribution in [0.5, 0.6) is 0 Å². The number of carbonyl (C=O) groups is 1. The smallest absolute Gasteiger partial charge is 0.328 e. The Bertz CT molecular complexity index is 858. The molecule has 0 radical (unpaired) electrons. The van der Waals surface area contributed by atoms with Crippen LogP contribution in [-0.2, 0) is 14.8 Å². The number of carboxylic acid groups (broad SMARTS) is 1. The maximum absolute atomic E-state index is 12.3. The molecule has 0 aliphatic carbocycles. The highest BCUT2D eigenvalue weighted by molar-refractivity contribution is 9.10. The third-order valence-corrected chi connectivity index (χ3v) is 5.31. The van der Waals surface area contributed by atoms with Crippen LogP contribution in [0.1, 0.15) is 11.1 Å². The Morgan fingerprint density at radius 2 is 1.83 bits per heavy atom. The highest BCUT2D eigenvalue weighted by Crippen LogP contribution is 2.22. The van der Waals surface area contributed by atoms with Crippen molar-refractivity contribution < 1.29 is 18.3 Å². The van der Waals surface area contributed by atoms with E-state index in [1.807, 2.05) is 6.92 Å². The average molecular weight is 396 g/mol. The van der Waals surface area contributed by atoms with E-state index in [9.17, 15) is 13.2 Å². The standard InChI is InChI=1S/C16H14BrNO4S/c1-11-10-13(5-8-15(11)17)18-23(21,22)14-6-2-12(3-7-14)4-9-16(19)20/h2-10,18H,1H3,(H,19,20). The zero-order chi connectivity index (χ0) is 17.0. The van der Waals surface area contributed by atoms with Gasteiger partial charge in [-0.1, -0.05) is 28.1 Å². The zero-order valence-corrected chi connectivity index (χ0v) is 14.6. The number of carboxylic acids is 1. The SMILES string of the molecule is Cc1cc(NS(=O)(=O)c2ccc(C=CC(=O)O)cc2)ccc1Br. The van der Waals surface area contributed by atoms with E-state index in [1.165, 1.54) is 18.2 Å². The highest BCUT2D eigenvalue weighted by Gasteiger charge is 2.14. The van der Waals surface area contributed by atoms with Crippen LogP contribution in [0.2, 0.25) is 0 Å². The summed E-state index contributed by atoms with van der Waals surface area (Å²) in [4.78, 5) is 10.6. The van der Waals surface area contributed by atoms with Gasteiger partial charge in [-0.15, -0.1) is 0 Å². The van der Waals surface area contributed by atoms with Gasteiger partial charge in [-0.05, 0) is 54.5 Å². The van der Waals surface area contributed by atoms with Crippen molar-refractivity contribution >= 4 is 43.7 Å². The van der Waals surface area contributed by atoms with Crippen LogP contribution in [0.25, 0.3) is 6.08 Å². The van der Waals surface area contributed by atoms with Crippen LogP contribution in [0, 0.1) is 6.92 Å². The molecule has 2 rings (SSSR count). The summed E-state index contributed by atoms with van der Waals surface area (Å²) in [6.07, 6.45) is 2.39. The van der Waals surface area contributed by atoms with Crippen molar-refractivity contribution in [3.63, 3.8) is 0 Å². The predicted molar refractivity (Wildman–Crippen MR) is 92.8 cm³/mol. The van der Waals surface area contributed by atoms with Gasteiger partial charge in [0.05, 0.1) is 4.90 Å². The molecule has 0 aromatic heterocycles. The number of nitrogens with one attached hydrogen (secondary N) is 1. The van der Waals surface area contributed by atoms with Gasteiger partial charge in [0.15, 0.2) is 0 Å². The van der Waals surface area contributed by atoms with Gasteiger partial charge in [-0.25, -0.2) is 13.2 Å². The minimum atomic E-state index is -3.70.